The first-order chi connectivity index (χ1) is 24.2. The summed E-state index contributed by atoms with van der Waals surface area (Å²) in [6.07, 6.45) is 45.6. The molecule has 0 aliphatic rings. The van der Waals surface area contributed by atoms with Gasteiger partial charge in [-0.25, -0.2) is 13.7 Å². The molecule has 0 radical (unpaired) electrons. The van der Waals surface area contributed by atoms with Crippen LogP contribution >= 0.6 is 0 Å². The average molecular weight is 672 g/mol. The number of aryl methyl sites for hydroxylation is 3. The lowest BCUT2D eigenvalue weighted by molar-refractivity contribution is -0.697. The SMILES string of the molecule is CCCCCCCCCCCCCCCC[n+]1ccc(-c2cc[n+](CCCCCCCCCCCC[n+]3cccc(C(N)=O)c3)cc2)cc1. The van der Waals surface area contributed by atoms with Crippen LogP contribution in [0.5, 0.6) is 0 Å². The molecule has 270 valence electrons. The van der Waals surface area contributed by atoms with Crippen molar-refractivity contribution in [2.45, 2.75) is 181 Å². The molecule has 0 saturated heterocycles. The fourth-order valence-corrected chi connectivity index (χ4v) is 6.90. The van der Waals surface area contributed by atoms with Crippen molar-refractivity contribution >= 4 is 5.91 Å². The van der Waals surface area contributed by atoms with Crippen LogP contribution in [-0.2, 0) is 19.6 Å². The summed E-state index contributed by atoms with van der Waals surface area (Å²) in [4.78, 5) is 11.3. The van der Waals surface area contributed by atoms with Gasteiger partial charge in [0.15, 0.2) is 37.2 Å². The van der Waals surface area contributed by atoms with Crippen LogP contribution in [-0.4, -0.2) is 5.91 Å². The lowest BCUT2D eigenvalue weighted by atomic mass is 10.0. The smallest absolute Gasteiger partial charge is 0.254 e. The van der Waals surface area contributed by atoms with Gasteiger partial charge in [-0.05, 0) is 36.5 Å². The van der Waals surface area contributed by atoms with E-state index in [0.29, 0.717) is 5.56 Å². The Labute approximate surface area is 300 Å². The van der Waals surface area contributed by atoms with Crippen molar-refractivity contribution < 1.29 is 18.5 Å². The summed E-state index contributed by atoms with van der Waals surface area (Å²) in [7, 11) is 0. The Morgan fingerprint density at radius 2 is 0.776 bits per heavy atom. The molecule has 0 unspecified atom stereocenters. The highest BCUT2D eigenvalue weighted by molar-refractivity contribution is 5.92. The van der Waals surface area contributed by atoms with Crippen LogP contribution in [0.25, 0.3) is 11.1 Å². The summed E-state index contributed by atoms with van der Waals surface area (Å²) in [6.45, 7) is 5.48. The Kier molecular flexibility index (Phi) is 22.0. The molecule has 0 fully saturated rings. The fourth-order valence-electron chi connectivity index (χ4n) is 6.90. The number of rotatable bonds is 30. The lowest BCUT2D eigenvalue weighted by Gasteiger charge is -2.04. The molecule has 3 rings (SSSR count). The molecule has 0 aliphatic carbocycles. The Hall–Kier alpha value is -3.08. The van der Waals surface area contributed by atoms with E-state index in [1.165, 1.54) is 159 Å². The number of unbranched alkanes of at least 4 members (excludes halogenated alkanes) is 22. The van der Waals surface area contributed by atoms with Gasteiger partial charge in [-0.3, -0.25) is 4.79 Å². The van der Waals surface area contributed by atoms with Crippen molar-refractivity contribution in [3.63, 3.8) is 0 Å². The number of hydrogen-bond donors (Lipinski definition) is 1. The average Bonchev–Trinajstić information content (AvgIpc) is 3.13. The number of carbonyl (C=O) groups excluding carboxylic acids is 1. The number of nitrogens with zero attached hydrogens (tertiary/aromatic N) is 3. The monoisotopic (exact) mass is 672 g/mol. The highest BCUT2D eigenvalue weighted by Crippen LogP contribution is 2.17. The minimum Gasteiger partial charge on any atom is -0.365 e. The number of aromatic nitrogens is 3. The molecule has 3 heterocycles. The summed E-state index contributed by atoms with van der Waals surface area (Å²) in [5.74, 6) is -0.358. The van der Waals surface area contributed by atoms with E-state index in [1.807, 2.05) is 18.5 Å². The van der Waals surface area contributed by atoms with E-state index < -0.39 is 0 Å². The summed E-state index contributed by atoms with van der Waals surface area (Å²) in [6, 6.07) is 12.8. The first kappa shape index (κ1) is 40.4. The first-order valence-electron chi connectivity index (χ1n) is 20.4. The van der Waals surface area contributed by atoms with Gasteiger partial charge in [0.05, 0.1) is 0 Å². The third-order valence-electron chi connectivity index (χ3n) is 10.1. The van der Waals surface area contributed by atoms with Crippen LogP contribution in [0.3, 0.4) is 0 Å². The van der Waals surface area contributed by atoms with Crippen LogP contribution in [0.2, 0.25) is 0 Å². The molecular formula is C44H71N4O+3. The summed E-state index contributed by atoms with van der Waals surface area (Å²) >= 11 is 0. The molecule has 0 atom stereocenters. The number of primary amides is 1. The fraction of sp³-hybridized carbons (Fsp3) is 0.636. The van der Waals surface area contributed by atoms with Gasteiger partial charge < -0.3 is 5.73 Å². The second-order valence-corrected chi connectivity index (χ2v) is 14.5. The number of carbonyl (C=O) groups is 1. The standard InChI is InChI=1S/C44H70N4O/c1-2-3-4-5-6-7-8-9-10-11-14-17-20-23-32-46-36-28-41(29-37-46)42-30-38-47(39-31-42)33-24-21-18-15-12-13-16-19-22-25-34-48-35-26-27-43(40-48)44(45)49/h26-31,35-40H,2-25,32-34H2,1H3,(H-,45,49)/q+2/p+1. The second kappa shape index (κ2) is 26.7. The molecule has 1 amide bonds. The molecule has 0 aliphatic heterocycles. The van der Waals surface area contributed by atoms with E-state index in [-0.39, 0.29) is 5.91 Å². The summed E-state index contributed by atoms with van der Waals surface area (Å²) < 4.78 is 6.76. The largest absolute Gasteiger partial charge is 0.365 e. The van der Waals surface area contributed by atoms with E-state index in [0.717, 1.165) is 26.1 Å². The summed E-state index contributed by atoms with van der Waals surface area (Å²) in [5.41, 5.74) is 8.57. The molecular weight excluding hydrogens is 601 g/mol. The lowest BCUT2D eigenvalue weighted by Crippen LogP contribution is -2.34. The van der Waals surface area contributed by atoms with Gasteiger partial charge >= 0.3 is 0 Å². The third-order valence-corrected chi connectivity index (χ3v) is 10.1. The van der Waals surface area contributed by atoms with Crippen LogP contribution in [0.4, 0.5) is 0 Å². The van der Waals surface area contributed by atoms with E-state index in [2.05, 4.69) is 69.7 Å². The number of hydrogen-bond acceptors (Lipinski definition) is 1. The highest BCUT2D eigenvalue weighted by Gasteiger charge is 2.08. The minimum atomic E-state index is -0.358. The maximum atomic E-state index is 11.3. The number of pyridine rings is 3. The third kappa shape index (κ3) is 19.0. The highest BCUT2D eigenvalue weighted by atomic mass is 16.1. The predicted molar refractivity (Wildman–Crippen MR) is 204 cm³/mol. The van der Waals surface area contributed by atoms with Crippen molar-refractivity contribution in [1.82, 2.24) is 0 Å². The first-order valence-corrected chi connectivity index (χ1v) is 20.4. The van der Waals surface area contributed by atoms with Gasteiger partial charge in [-0.2, -0.15) is 0 Å². The van der Waals surface area contributed by atoms with Gasteiger partial charge in [-0.15, -0.1) is 0 Å². The van der Waals surface area contributed by atoms with E-state index >= 15 is 0 Å². The Balaban J connectivity index is 1.12. The van der Waals surface area contributed by atoms with E-state index in [1.54, 1.807) is 6.07 Å². The van der Waals surface area contributed by atoms with Crippen LogP contribution in [0, 0.1) is 0 Å². The van der Waals surface area contributed by atoms with E-state index in [9.17, 15) is 4.79 Å². The zero-order chi connectivity index (χ0) is 34.6. The van der Waals surface area contributed by atoms with Gasteiger partial charge in [0.1, 0.15) is 25.2 Å². The Morgan fingerprint density at radius 3 is 1.12 bits per heavy atom. The van der Waals surface area contributed by atoms with Crippen LogP contribution < -0.4 is 19.4 Å². The summed E-state index contributed by atoms with van der Waals surface area (Å²) in [5, 5.41) is 0. The number of amides is 1. The van der Waals surface area contributed by atoms with E-state index in [4.69, 9.17) is 5.73 Å². The topological polar surface area (TPSA) is 54.7 Å². The molecule has 5 heteroatoms. The van der Waals surface area contributed by atoms with Gasteiger partial charge in [0.2, 0.25) is 0 Å². The molecule has 0 aromatic carbocycles. The molecule has 0 bridgehead atoms. The normalized spacial score (nSPS) is 11.3. The van der Waals surface area contributed by atoms with Crippen molar-refractivity contribution in [3.8, 4) is 11.1 Å². The van der Waals surface area contributed by atoms with Crippen LogP contribution in [0.1, 0.15) is 171 Å². The molecule has 3 aromatic rings. The van der Waals surface area contributed by atoms with Crippen LogP contribution in [0.15, 0.2) is 73.6 Å². The van der Waals surface area contributed by atoms with Crippen molar-refractivity contribution in [1.29, 1.82) is 0 Å². The molecule has 49 heavy (non-hydrogen) atoms. The Morgan fingerprint density at radius 1 is 0.449 bits per heavy atom. The van der Waals surface area contributed by atoms with Gasteiger partial charge in [0.25, 0.3) is 5.91 Å². The second-order valence-electron chi connectivity index (χ2n) is 14.5. The molecule has 0 saturated carbocycles. The molecule has 2 N–H and O–H groups in total. The van der Waals surface area contributed by atoms with Crippen molar-refractivity contribution in [2.75, 3.05) is 0 Å². The van der Waals surface area contributed by atoms with Crippen molar-refractivity contribution in [3.05, 3.63) is 79.1 Å². The number of nitrogens with two attached hydrogens (primary N) is 1. The quantitative estimate of drug-likeness (QED) is 0.0557. The minimum absolute atomic E-state index is 0.358. The zero-order valence-corrected chi connectivity index (χ0v) is 31.3. The van der Waals surface area contributed by atoms with Gasteiger partial charge in [-0.1, -0.05) is 122 Å². The Bertz CT molecular complexity index is 1240. The van der Waals surface area contributed by atoms with Crippen molar-refractivity contribution in [2.24, 2.45) is 5.73 Å². The predicted octanol–water partition coefficient (Wildman–Crippen LogP) is 10.4. The van der Waals surface area contributed by atoms with Gasteiger partial charge in [0, 0.05) is 49.6 Å². The maximum Gasteiger partial charge on any atom is 0.254 e. The molecule has 3 aromatic heterocycles. The molecule has 0 spiro atoms. The molecule has 5 nitrogen and oxygen atoms in total. The maximum absolute atomic E-state index is 11.3. The zero-order valence-electron chi connectivity index (χ0n) is 31.3.